The number of fused-ring (bicyclic) bond motifs is 1. The largest absolute Gasteiger partial charge is 0.336 e. The van der Waals surface area contributed by atoms with E-state index in [-0.39, 0.29) is 5.91 Å². The molecule has 0 N–H and O–H groups in total. The summed E-state index contributed by atoms with van der Waals surface area (Å²) in [7, 11) is 0. The van der Waals surface area contributed by atoms with Gasteiger partial charge in [0, 0.05) is 31.2 Å². The summed E-state index contributed by atoms with van der Waals surface area (Å²) in [5.41, 5.74) is 2.25. The average molecular weight is 387 g/mol. The van der Waals surface area contributed by atoms with E-state index < -0.39 is 0 Å². The van der Waals surface area contributed by atoms with Crippen molar-refractivity contribution in [2.45, 2.75) is 32.2 Å². The fourth-order valence-corrected chi connectivity index (χ4v) is 4.38. The van der Waals surface area contributed by atoms with E-state index in [1.165, 1.54) is 18.4 Å². The summed E-state index contributed by atoms with van der Waals surface area (Å²) in [6, 6.07) is 25.3. The number of aryl methyl sites for hydroxylation is 1. The maximum atomic E-state index is 13.2. The predicted molar refractivity (Wildman–Crippen MR) is 120 cm³/mol. The Bertz CT molecular complexity index is 948. The second-order valence-electron chi connectivity index (χ2n) is 8.11. The number of benzene rings is 3. The van der Waals surface area contributed by atoms with Gasteiger partial charge in [-0.2, -0.15) is 0 Å². The maximum absolute atomic E-state index is 13.2. The number of rotatable bonds is 6. The maximum Gasteiger partial charge on any atom is 0.254 e. The summed E-state index contributed by atoms with van der Waals surface area (Å²) < 4.78 is 0. The molecule has 0 spiro atoms. The molecule has 29 heavy (non-hydrogen) atoms. The van der Waals surface area contributed by atoms with Crippen LogP contribution in [0.15, 0.2) is 72.8 Å². The molecule has 0 radical (unpaired) electrons. The second-order valence-corrected chi connectivity index (χ2v) is 8.11. The molecule has 3 nitrogen and oxygen atoms in total. The van der Waals surface area contributed by atoms with Crippen LogP contribution in [-0.4, -0.2) is 47.9 Å². The molecule has 1 unspecified atom stereocenters. The molecule has 1 aliphatic heterocycles. The topological polar surface area (TPSA) is 23.6 Å². The number of hydrogen-bond acceptors (Lipinski definition) is 2. The standard InChI is InChI=1S/C26H30N2O/c1-21-20-28(26(29)25-16-9-14-23-13-5-6-15-24(23)25)19-18-27(21)17-8-7-12-22-10-3-2-4-11-22/h2-6,9-11,13-16,21H,7-8,12,17-20H2,1H3. The third kappa shape index (κ3) is 4.68. The van der Waals surface area contributed by atoms with Crippen molar-refractivity contribution >= 4 is 16.7 Å². The normalized spacial score (nSPS) is 17.6. The van der Waals surface area contributed by atoms with Gasteiger partial charge in [0.25, 0.3) is 5.91 Å². The van der Waals surface area contributed by atoms with Gasteiger partial charge in [-0.3, -0.25) is 9.69 Å². The van der Waals surface area contributed by atoms with Crippen LogP contribution in [0.25, 0.3) is 10.8 Å². The van der Waals surface area contributed by atoms with Crippen molar-refractivity contribution in [3.63, 3.8) is 0 Å². The highest BCUT2D eigenvalue weighted by molar-refractivity contribution is 6.07. The molecule has 0 aliphatic carbocycles. The minimum Gasteiger partial charge on any atom is -0.336 e. The molecule has 1 fully saturated rings. The monoisotopic (exact) mass is 386 g/mol. The van der Waals surface area contributed by atoms with E-state index in [1.54, 1.807) is 0 Å². The van der Waals surface area contributed by atoms with Crippen molar-refractivity contribution in [1.82, 2.24) is 9.80 Å². The van der Waals surface area contributed by atoms with Crippen molar-refractivity contribution in [1.29, 1.82) is 0 Å². The van der Waals surface area contributed by atoms with E-state index in [4.69, 9.17) is 0 Å². The summed E-state index contributed by atoms with van der Waals surface area (Å²) in [5, 5.41) is 2.18. The molecular formula is C26H30N2O. The molecule has 3 aromatic rings. The van der Waals surface area contributed by atoms with Gasteiger partial charge < -0.3 is 4.90 Å². The van der Waals surface area contributed by atoms with Crippen molar-refractivity contribution in [2.75, 3.05) is 26.2 Å². The Kier molecular flexibility index (Phi) is 6.26. The Labute approximate surface area is 173 Å². The third-order valence-electron chi connectivity index (χ3n) is 6.08. The van der Waals surface area contributed by atoms with Gasteiger partial charge in [0.1, 0.15) is 0 Å². The molecule has 3 aromatic carbocycles. The molecule has 0 saturated carbocycles. The van der Waals surface area contributed by atoms with E-state index in [1.807, 2.05) is 29.2 Å². The molecule has 1 saturated heterocycles. The zero-order valence-electron chi connectivity index (χ0n) is 17.3. The van der Waals surface area contributed by atoms with Crippen LogP contribution in [0.3, 0.4) is 0 Å². The number of piperazine rings is 1. The molecule has 4 rings (SSSR count). The highest BCUT2D eigenvalue weighted by Gasteiger charge is 2.27. The van der Waals surface area contributed by atoms with Crippen molar-refractivity contribution in [3.8, 4) is 0 Å². The van der Waals surface area contributed by atoms with Gasteiger partial charge in [0.15, 0.2) is 0 Å². The molecule has 150 valence electrons. The van der Waals surface area contributed by atoms with Crippen LogP contribution in [0.1, 0.15) is 35.7 Å². The molecule has 1 amide bonds. The molecule has 1 heterocycles. The molecule has 3 heteroatoms. The first-order valence-electron chi connectivity index (χ1n) is 10.8. The molecule has 0 bridgehead atoms. The first-order valence-corrected chi connectivity index (χ1v) is 10.8. The van der Waals surface area contributed by atoms with E-state index in [2.05, 4.69) is 60.4 Å². The van der Waals surface area contributed by atoms with Crippen LogP contribution in [0.4, 0.5) is 0 Å². The summed E-state index contributed by atoms with van der Waals surface area (Å²) in [5.74, 6) is 0.164. The Morgan fingerprint density at radius 2 is 1.66 bits per heavy atom. The van der Waals surface area contributed by atoms with Gasteiger partial charge in [-0.1, -0.05) is 66.7 Å². The summed E-state index contributed by atoms with van der Waals surface area (Å²) in [6.07, 6.45) is 3.57. The number of hydrogen-bond donors (Lipinski definition) is 0. The zero-order valence-corrected chi connectivity index (χ0v) is 17.3. The van der Waals surface area contributed by atoms with Crippen LogP contribution >= 0.6 is 0 Å². The fraction of sp³-hybridized carbons (Fsp3) is 0.346. The van der Waals surface area contributed by atoms with Crippen LogP contribution in [-0.2, 0) is 6.42 Å². The summed E-state index contributed by atoms with van der Waals surface area (Å²) >= 11 is 0. The number of carbonyl (C=O) groups is 1. The van der Waals surface area contributed by atoms with E-state index >= 15 is 0 Å². The molecule has 0 aromatic heterocycles. The lowest BCUT2D eigenvalue weighted by atomic mass is 10.0. The van der Waals surface area contributed by atoms with Gasteiger partial charge in [0.2, 0.25) is 0 Å². The lowest BCUT2D eigenvalue weighted by Gasteiger charge is -2.40. The Morgan fingerprint density at radius 3 is 2.48 bits per heavy atom. The SMILES string of the molecule is CC1CN(C(=O)c2cccc3ccccc23)CCN1CCCCc1ccccc1. The van der Waals surface area contributed by atoms with Crippen LogP contribution in [0, 0.1) is 0 Å². The first kappa shape index (κ1) is 19.7. The third-order valence-corrected chi connectivity index (χ3v) is 6.08. The van der Waals surface area contributed by atoms with Crippen molar-refractivity contribution in [3.05, 3.63) is 83.9 Å². The summed E-state index contributed by atoms with van der Waals surface area (Å²) in [6.45, 7) is 5.94. The van der Waals surface area contributed by atoms with Gasteiger partial charge in [-0.25, -0.2) is 0 Å². The van der Waals surface area contributed by atoms with Gasteiger partial charge in [-0.15, -0.1) is 0 Å². The molecular weight excluding hydrogens is 356 g/mol. The van der Waals surface area contributed by atoms with Gasteiger partial charge in [-0.05, 0) is 55.1 Å². The zero-order chi connectivity index (χ0) is 20.1. The first-order chi connectivity index (χ1) is 14.2. The van der Waals surface area contributed by atoms with Crippen molar-refractivity contribution < 1.29 is 4.79 Å². The Hall–Kier alpha value is -2.65. The van der Waals surface area contributed by atoms with E-state index in [0.717, 1.165) is 48.9 Å². The lowest BCUT2D eigenvalue weighted by molar-refractivity contribution is 0.0513. The Balaban J connectivity index is 1.31. The Morgan fingerprint density at radius 1 is 0.897 bits per heavy atom. The molecule has 1 aliphatic rings. The highest BCUT2D eigenvalue weighted by atomic mass is 16.2. The van der Waals surface area contributed by atoms with Crippen molar-refractivity contribution in [2.24, 2.45) is 0 Å². The number of unbranched alkanes of at least 4 members (excludes halogenated alkanes) is 1. The van der Waals surface area contributed by atoms with Crippen LogP contribution < -0.4 is 0 Å². The summed E-state index contributed by atoms with van der Waals surface area (Å²) in [4.78, 5) is 17.8. The highest BCUT2D eigenvalue weighted by Crippen LogP contribution is 2.22. The van der Waals surface area contributed by atoms with E-state index in [9.17, 15) is 4.79 Å². The van der Waals surface area contributed by atoms with Gasteiger partial charge >= 0.3 is 0 Å². The minimum atomic E-state index is 0.164. The van der Waals surface area contributed by atoms with Crippen LogP contribution in [0.2, 0.25) is 0 Å². The van der Waals surface area contributed by atoms with E-state index in [0.29, 0.717) is 6.04 Å². The predicted octanol–water partition coefficient (Wildman–Crippen LogP) is 5.01. The molecule has 1 atom stereocenters. The smallest absolute Gasteiger partial charge is 0.254 e. The number of amides is 1. The minimum absolute atomic E-state index is 0.164. The lowest BCUT2D eigenvalue weighted by Crippen LogP contribution is -2.53. The van der Waals surface area contributed by atoms with Crippen LogP contribution in [0.5, 0.6) is 0 Å². The fourth-order valence-electron chi connectivity index (χ4n) is 4.38. The number of nitrogens with zero attached hydrogens (tertiary/aromatic N) is 2. The van der Waals surface area contributed by atoms with Gasteiger partial charge in [0.05, 0.1) is 0 Å². The average Bonchev–Trinajstić information content (AvgIpc) is 2.77. The quantitative estimate of drug-likeness (QED) is 0.556. The number of carbonyl (C=O) groups excluding carboxylic acids is 1. The second kappa shape index (κ2) is 9.23.